The number of carbonyl (C=O) groups is 1. The number of halogens is 2. The SMILES string of the molecule is O=C1CCOc2ccc(S(=O)(=O)Nc3ccc(Cl)c4c(Cl)c[nH]c34)cc21. The van der Waals surface area contributed by atoms with Crippen LogP contribution in [-0.4, -0.2) is 25.8 Å². The van der Waals surface area contributed by atoms with Gasteiger partial charge in [0, 0.05) is 18.0 Å². The molecule has 134 valence electrons. The van der Waals surface area contributed by atoms with E-state index in [1.807, 2.05) is 0 Å². The summed E-state index contributed by atoms with van der Waals surface area (Å²) >= 11 is 12.2. The van der Waals surface area contributed by atoms with Gasteiger partial charge in [0.2, 0.25) is 0 Å². The Kier molecular flexibility index (Phi) is 4.10. The van der Waals surface area contributed by atoms with E-state index in [9.17, 15) is 13.2 Å². The van der Waals surface area contributed by atoms with Crippen molar-refractivity contribution >= 4 is 55.6 Å². The lowest BCUT2D eigenvalue weighted by Crippen LogP contribution is -2.18. The van der Waals surface area contributed by atoms with Crippen molar-refractivity contribution in [1.82, 2.24) is 4.98 Å². The number of Topliss-reactive ketones (excluding diaryl/α,β-unsaturated/α-hetero) is 1. The van der Waals surface area contributed by atoms with Gasteiger partial charge in [-0.25, -0.2) is 8.42 Å². The molecule has 1 aromatic heterocycles. The Morgan fingerprint density at radius 1 is 1.12 bits per heavy atom. The highest BCUT2D eigenvalue weighted by atomic mass is 35.5. The summed E-state index contributed by atoms with van der Waals surface area (Å²) in [6.07, 6.45) is 1.76. The van der Waals surface area contributed by atoms with Crippen LogP contribution >= 0.6 is 23.2 Å². The number of aromatic nitrogens is 1. The fraction of sp³-hybridized carbons (Fsp3) is 0.118. The lowest BCUT2D eigenvalue weighted by Gasteiger charge is -2.17. The van der Waals surface area contributed by atoms with Crippen LogP contribution in [-0.2, 0) is 10.0 Å². The Morgan fingerprint density at radius 3 is 2.73 bits per heavy atom. The minimum atomic E-state index is -3.93. The first-order chi connectivity index (χ1) is 12.4. The lowest BCUT2D eigenvalue weighted by molar-refractivity contribution is 0.0933. The zero-order valence-corrected chi connectivity index (χ0v) is 15.5. The van der Waals surface area contributed by atoms with Gasteiger partial charge < -0.3 is 9.72 Å². The van der Waals surface area contributed by atoms with E-state index in [0.717, 1.165) is 0 Å². The second-order valence-corrected chi connectivity index (χ2v) is 8.26. The number of ether oxygens (including phenoxy) is 1. The maximum Gasteiger partial charge on any atom is 0.261 e. The van der Waals surface area contributed by atoms with Gasteiger partial charge in [0.1, 0.15) is 5.75 Å². The number of benzene rings is 2. The molecule has 0 radical (unpaired) electrons. The van der Waals surface area contributed by atoms with Crippen molar-refractivity contribution in [2.45, 2.75) is 11.3 Å². The Balaban J connectivity index is 1.76. The molecule has 0 unspecified atom stereocenters. The predicted octanol–water partition coefficient (Wildman–Crippen LogP) is 4.24. The Labute approximate surface area is 159 Å². The molecule has 4 rings (SSSR count). The molecule has 0 atom stereocenters. The van der Waals surface area contributed by atoms with Gasteiger partial charge in [-0.05, 0) is 30.3 Å². The zero-order valence-electron chi connectivity index (χ0n) is 13.2. The van der Waals surface area contributed by atoms with Crippen molar-refractivity contribution in [2.75, 3.05) is 11.3 Å². The maximum absolute atomic E-state index is 12.8. The van der Waals surface area contributed by atoms with Crippen molar-refractivity contribution in [3.8, 4) is 5.75 Å². The first-order valence-electron chi connectivity index (χ1n) is 7.65. The molecule has 0 aliphatic carbocycles. The van der Waals surface area contributed by atoms with Gasteiger partial charge in [0.05, 0.1) is 38.3 Å². The molecule has 0 amide bonds. The number of sulfonamides is 1. The summed E-state index contributed by atoms with van der Waals surface area (Å²) in [5.41, 5.74) is 1.04. The summed E-state index contributed by atoms with van der Waals surface area (Å²) in [7, 11) is -3.93. The molecule has 2 N–H and O–H groups in total. The third-order valence-electron chi connectivity index (χ3n) is 4.13. The fourth-order valence-electron chi connectivity index (χ4n) is 2.87. The van der Waals surface area contributed by atoms with E-state index < -0.39 is 10.0 Å². The second kappa shape index (κ2) is 6.19. The van der Waals surface area contributed by atoms with Crippen LogP contribution < -0.4 is 9.46 Å². The number of anilines is 1. The molecule has 6 nitrogen and oxygen atoms in total. The molecule has 0 bridgehead atoms. The topological polar surface area (TPSA) is 88.3 Å². The summed E-state index contributed by atoms with van der Waals surface area (Å²) in [5.74, 6) is 0.249. The molecule has 9 heteroatoms. The van der Waals surface area contributed by atoms with E-state index in [1.165, 1.54) is 24.4 Å². The quantitative estimate of drug-likeness (QED) is 0.675. The number of carbonyl (C=O) groups excluding carboxylic acids is 1. The molecule has 1 aliphatic heterocycles. The minimum Gasteiger partial charge on any atom is -0.492 e. The summed E-state index contributed by atoms with van der Waals surface area (Å²) in [5, 5.41) is 1.33. The molecule has 3 aromatic rings. The van der Waals surface area contributed by atoms with Crippen LogP contribution in [0.1, 0.15) is 16.8 Å². The molecule has 26 heavy (non-hydrogen) atoms. The number of fused-ring (bicyclic) bond motifs is 2. The fourth-order valence-corrected chi connectivity index (χ4v) is 4.52. The van der Waals surface area contributed by atoms with Gasteiger partial charge in [-0.1, -0.05) is 23.2 Å². The van der Waals surface area contributed by atoms with Crippen molar-refractivity contribution in [3.05, 3.63) is 52.1 Å². The van der Waals surface area contributed by atoms with E-state index in [1.54, 1.807) is 12.1 Å². The van der Waals surface area contributed by atoms with Gasteiger partial charge in [-0.3, -0.25) is 9.52 Å². The summed E-state index contributed by atoms with van der Waals surface area (Å²) < 4.78 is 33.5. The van der Waals surface area contributed by atoms with Crippen LogP contribution in [0.3, 0.4) is 0 Å². The number of rotatable bonds is 3. The van der Waals surface area contributed by atoms with Crippen molar-refractivity contribution in [1.29, 1.82) is 0 Å². The highest BCUT2D eigenvalue weighted by Crippen LogP contribution is 2.36. The number of hydrogen-bond acceptors (Lipinski definition) is 4. The standard InChI is InChI=1S/C17H12Cl2N2O4S/c18-11-2-3-13(17-16(11)12(19)8-20-17)21-26(23,24)9-1-4-15-10(7-9)14(22)5-6-25-15/h1-4,7-8,20-21H,5-6H2. The minimum absolute atomic E-state index is 0.0316. The van der Waals surface area contributed by atoms with E-state index in [-0.39, 0.29) is 22.7 Å². The molecule has 2 heterocycles. The average Bonchev–Trinajstić information content (AvgIpc) is 3.00. The second-order valence-electron chi connectivity index (χ2n) is 5.77. The number of H-pyrrole nitrogens is 1. The molecule has 0 fully saturated rings. The predicted molar refractivity (Wildman–Crippen MR) is 100 cm³/mol. The molecule has 0 spiro atoms. The molecule has 1 aliphatic rings. The zero-order chi connectivity index (χ0) is 18.5. The van der Waals surface area contributed by atoms with Crippen LogP contribution in [0.2, 0.25) is 10.0 Å². The van der Waals surface area contributed by atoms with Crippen LogP contribution in [0.4, 0.5) is 5.69 Å². The number of hydrogen-bond donors (Lipinski definition) is 2. The Bertz CT molecular complexity index is 1160. The first-order valence-corrected chi connectivity index (χ1v) is 9.89. The summed E-state index contributed by atoms with van der Waals surface area (Å²) in [6.45, 7) is 0.298. The number of aromatic amines is 1. The number of nitrogens with one attached hydrogen (secondary N) is 2. The van der Waals surface area contributed by atoms with Crippen LogP contribution in [0, 0.1) is 0 Å². The van der Waals surface area contributed by atoms with Crippen molar-refractivity contribution in [3.63, 3.8) is 0 Å². The van der Waals surface area contributed by atoms with E-state index in [4.69, 9.17) is 27.9 Å². The third kappa shape index (κ3) is 2.82. The van der Waals surface area contributed by atoms with E-state index in [2.05, 4.69) is 9.71 Å². The van der Waals surface area contributed by atoms with E-state index >= 15 is 0 Å². The highest BCUT2D eigenvalue weighted by Gasteiger charge is 2.23. The molecule has 0 saturated heterocycles. The summed E-state index contributed by atoms with van der Waals surface area (Å²) in [6, 6.07) is 7.32. The first kappa shape index (κ1) is 17.2. The Hall–Kier alpha value is -2.22. The maximum atomic E-state index is 12.8. The molecule has 2 aromatic carbocycles. The van der Waals surface area contributed by atoms with Crippen LogP contribution in [0.25, 0.3) is 10.9 Å². The van der Waals surface area contributed by atoms with Crippen LogP contribution in [0.15, 0.2) is 41.4 Å². The monoisotopic (exact) mass is 410 g/mol. The Morgan fingerprint density at radius 2 is 1.92 bits per heavy atom. The van der Waals surface area contributed by atoms with Crippen LogP contribution in [0.5, 0.6) is 5.75 Å². The van der Waals surface area contributed by atoms with Gasteiger partial charge in [-0.15, -0.1) is 0 Å². The van der Waals surface area contributed by atoms with Crippen molar-refractivity contribution in [2.24, 2.45) is 0 Å². The average molecular weight is 411 g/mol. The van der Waals surface area contributed by atoms with Gasteiger partial charge in [0.25, 0.3) is 10.0 Å². The smallest absolute Gasteiger partial charge is 0.261 e. The highest BCUT2D eigenvalue weighted by molar-refractivity contribution is 7.92. The van der Waals surface area contributed by atoms with Gasteiger partial charge >= 0.3 is 0 Å². The lowest BCUT2D eigenvalue weighted by atomic mass is 10.1. The number of ketones is 1. The van der Waals surface area contributed by atoms with Gasteiger partial charge in [-0.2, -0.15) is 0 Å². The van der Waals surface area contributed by atoms with Gasteiger partial charge in [0.15, 0.2) is 5.78 Å². The van der Waals surface area contributed by atoms with Crippen molar-refractivity contribution < 1.29 is 17.9 Å². The third-order valence-corrected chi connectivity index (χ3v) is 6.11. The van der Waals surface area contributed by atoms with E-state index in [0.29, 0.717) is 39.0 Å². The largest absolute Gasteiger partial charge is 0.492 e. The molecular weight excluding hydrogens is 399 g/mol. The molecule has 0 saturated carbocycles. The molecular formula is C17H12Cl2N2O4S. The normalized spacial score (nSPS) is 14.2. The summed E-state index contributed by atoms with van der Waals surface area (Å²) in [4.78, 5) is 14.9.